The number of esters is 1. The number of carbonyl (C=O) groups excluding carboxylic acids is 1. The van der Waals surface area contributed by atoms with Crippen LogP contribution >= 0.6 is 0 Å². The van der Waals surface area contributed by atoms with Crippen molar-refractivity contribution in [1.29, 1.82) is 0 Å². The Morgan fingerprint density at radius 3 is 1.77 bits per heavy atom. The molecule has 0 bridgehead atoms. The fourth-order valence-electron chi connectivity index (χ4n) is 5.04. The summed E-state index contributed by atoms with van der Waals surface area (Å²) >= 11 is 0. The molecule has 0 amide bonds. The third-order valence-electron chi connectivity index (χ3n) is 7.86. The predicted molar refractivity (Wildman–Crippen MR) is 192 cm³/mol. The van der Waals surface area contributed by atoms with Gasteiger partial charge >= 0.3 is 11.9 Å². The lowest BCUT2D eigenvalue weighted by Gasteiger charge is -2.22. The molecule has 2 aromatic rings. The second kappa shape index (κ2) is 26.5. The molecule has 48 heavy (non-hydrogen) atoms. The van der Waals surface area contributed by atoms with Crippen molar-refractivity contribution in [1.82, 2.24) is 4.90 Å². The summed E-state index contributed by atoms with van der Waals surface area (Å²) in [4.78, 5) is 23.8. The summed E-state index contributed by atoms with van der Waals surface area (Å²) < 4.78 is 33.7. The van der Waals surface area contributed by atoms with Crippen LogP contribution in [-0.4, -0.2) is 66.8 Å². The number of hydrogen-bond donors (Lipinski definition) is 3. The fraction of sp³-hybridized carbons (Fsp3) is 0.526. The lowest BCUT2D eigenvalue weighted by atomic mass is 10.0. The minimum atomic E-state index is -4.00. The summed E-state index contributed by atoms with van der Waals surface area (Å²) in [5.41, 5.74) is 1.59. The molecule has 0 unspecified atom stereocenters. The highest BCUT2D eigenvalue weighted by molar-refractivity contribution is 7.85. The largest absolute Gasteiger partial charge is 0.478 e. The Balaban J connectivity index is 0.000000413. The van der Waals surface area contributed by atoms with Crippen molar-refractivity contribution >= 4 is 22.1 Å². The predicted octanol–water partition coefficient (Wildman–Crippen LogP) is 8.71. The van der Waals surface area contributed by atoms with Crippen molar-refractivity contribution in [2.45, 2.75) is 108 Å². The van der Waals surface area contributed by atoms with E-state index in [2.05, 4.69) is 34.9 Å². The van der Waals surface area contributed by atoms with Gasteiger partial charge in [-0.15, -0.1) is 0 Å². The molecule has 3 N–H and O–H groups in total. The van der Waals surface area contributed by atoms with E-state index in [1.165, 1.54) is 146 Å². The second-order valence-corrected chi connectivity index (χ2v) is 13.2. The van der Waals surface area contributed by atoms with Crippen molar-refractivity contribution in [3.05, 3.63) is 89.6 Å². The zero-order valence-corrected chi connectivity index (χ0v) is 29.7. The molecule has 0 saturated heterocycles. The van der Waals surface area contributed by atoms with Gasteiger partial charge < -0.3 is 19.8 Å². The summed E-state index contributed by atoms with van der Waals surface area (Å²) in [7, 11) is -2.76. The first-order chi connectivity index (χ1) is 23.1. The molecule has 0 radical (unpaired) electrons. The van der Waals surface area contributed by atoms with Crippen molar-refractivity contribution in [3.63, 3.8) is 0 Å². The Morgan fingerprint density at radius 1 is 0.792 bits per heavy atom. The van der Waals surface area contributed by atoms with Gasteiger partial charge in [0, 0.05) is 19.7 Å². The van der Waals surface area contributed by atoms with Gasteiger partial charge in [0.25, 0.3) is 10.1 Å². The summed E-state index contributed by atoms with van der Waals surface area (Å²) in [5.74, 6) is -1.60. The van der Waals surface area contributed by atoms with Crippen LogP contribution in [0.2, 0.25) is 0 Å². The van der Waals surface area contributed by atoms with Crippen LogP contribution in [0.1, 0.15) is 124 Å². The number of hydrogen-bond acceptors (Lipinski definition) is 7. The lowest BCUT2D eigenvalue weighted by Crippen LogP contribution is -2.21. The van der Waals surface area contributed by atoms with Crippen molar-refractivity contribution < 1.29 is 37.5 Å². The monoisotopic (exact) mass is 687 g/mol. The molecule has 0 aromatic heterocycles. The van der Waals surface area contributed by atoms with E-state index >= 15 is 0 Å². The highest BCUT2D eigenvalue weighted by Gasteiger charge is 2.09. The minimum absolute atomic E-state index is 0.0721. The highest BCUT2D eigenvalue weighted by atomic mass is 32.2. The van der Waals surface area contributed by atoms with Gasteiger partial charge in [-0.1, -0.05) is 121 Å². The van der Waals surface area contributed by atoms with Gasteiger partial charge in [0.15, 0.2) is 0 Å². The molecule has 2 aromatic carbocycles. The number of aromatic carboxylic acids is 1. The third kappa shape index (κ3) is 20.7. The number of allylic oxidation sites excluding steroid dienone is 1. The smallest absolute Gasteiger partial charge is 0.337 e. The van der Waals surface area contributed by atoms with Crippen molar-refractivity contribution in [2.75, 3.05) is 26.8 Å². The van der Waals surface area contributed by atoms with Gasteiger partial charge in [-0.3, -0.25) is 4.55 Å². The zero-order valence-electron chi connectivity index (χ0n) is 28.9. The van der Waals surface area contributed by atoms with E-state index in [1.807, 2.05) is 0 Å². The summed E-state index contributed by atoms with van der Waals surface area (Å²) in [5, 5.41) is 17.6. The van der Waals surface area contributed by atoms with Crippen LogP contribution in [0.5, 0.6) is 0 Å². The van der Waals surface area contributed by atoms with E-state index in [-0.39, 0.29) is 22.6 Å². The quantitative estimate of drug-likeness (QED) is 0.0708. The SMILES string of the molecule is CCCCCCCCCCCCCCCCN1C=CC(CCO)=CC1.COC(=O)c1cccc(C(=O)O)c1.O=S(=O)(O)c1ccccc1. The molecule has 3 rings (SSSR count). The molecule has 9 nitrogen and oxygen atoms in total. The van der Waals surface area contributed by atoms with Crippen LogP contribution in [0.3, 0.4) is 0 Å². The average Bonchev–Trinajstić information content (AvgIpc) is 3.09. The minimum Gasteiger partial charge on any atom is -0.478 e. The van der Waals surface area contributed by atoms with Gasteiger partial charge in [-0.2, -0.15) is 8.42 Å². The zero-order chi connectivity index (χ0) is 35.5. The maximum atomic E-state index is 11.0. The van der Waals surface area contributed by atoms with E-state index in [1.54, 1.807) is 18.2 Å². The number of carboxylic acid groups (broad SMARTS) is 1. The fourth-order valence-corrected chi connectivity index (χ4v) is 5.54. The van der Waals surface area contributed by atoms with E-state index in [0.717, 1.165) is 13.0 Å². The first-order valence-corrected chi connectivity index (χ1v) is 18.7. The number of methoxy groups -OCH3 is 1. The Morgan fingerprint density at radius 2 is 1.33 bits per heavy atom. The molecule has 0 saturated carbocycles. The number of ether oxygens (including phenoxy) is 1. The number of aliphatic hydroxyl groups excluding tert-OH is 1. The Labute approximate surface area is 288 Å². The molecule has 0 atom stereocenters. The standard InChI is InChI=1S/C23H43NO.C9H8O4.C6H6O3S/c1-2-3-4-5-6-7-8-9-10-11-12-13-14-15-19-24-20-16-23(17-21-24)18-22-25;1-13-9(12)7-4-2-3-6(5-7)8(10)11;7-10(8,9)6-4-2-1-3-5-6/h16-17,20,25H,2-15,18-19,21-22H2,1H3;2-5H,1H3,(H,10,11);1-5H,(H,7,8,9). The molecule has 0 fully saturated rings. The maximum Gasteiger partial charge on any atom is 0.337 e. The molecule has 1 aliphatic heterocycles. The molecule has 10 heteroatoms. The topological polar surface area (TPSA) is 141 Å². The summed E-state index contributed by atoms with van der Waals surface area (Å²) in [6.45, 7) is 4.74. The lowest BCUT2D eigenvalue weighted by molar-refractivity contribution is 0.0600. The van der Waals surface area contributed by atoms with Gasteiger partial charge in [0.1, 0.15) is 0 Å². The average molecular weight is 688 g/mol. The van der Waals surface area contributed by atoms with Crippen molar-refractivity contribution in [2.24, 2.45) is 0 Å². The van der Waals surface area contributed by atoms with E-state index in [4.69, 9.17) is 14.8 Å². The summed E-state index contributed by atoms with van der Waals surface area (Å²) in [6, 6.07) is 13.1. The van der Waals surface area contributed by atoms with E-state index in [0.29, 0.717) is 0 Å². The van der Waals surface area contributed by atoms with Crippen LogP contribution in [0.4, 0.5) is 0 Å². The second-order valence-electron chi connectivity index (χ2n) is 11.8. The first kappa shape index (κ1) is 42.6. The Kier molecular flexibility index (Phi) is 23.5. The van der Waals surface area contributed by atoms with E-state index < -0.39 is 22.1 Å². The Hall–Kier alpha value is -3.47. The number of benzene rings is 2. The van der Waals surface area contributed by atoms with Crippen LogP contribution in [0.15, 0.2) is 83.4 Å². The van der Waals surface area contributed by atoms with E-state index in [9.17, 15) is 18.0 Å². The number of unbranched alkanes of at least 4 members (excludes halogenated alkanes) is 13. The maximum absolute atomic E-state index is 11.0. The van der Waals surface area contributed by atoms with Crippen LogP contribution in [0, 0.1) is 0 Å². The number of nitrogens with zero attached hydrogens (tertiary/aromatic N) is 1. The van der Waals surface area contributed by atoms with Crippen LogP contribution < -0.4 is 0 Å². The van der Waals surface area contributed by atoms with Crippen LogP contribution in [0.25, 0.3) is 0 Å². The third-order valence-corrected chi connectivity index (χ3v) is 8.73. The molecule has 1 aliphatic rings. The highest BCUT2D eigenvalue weighted by Crippen LogP contribution is 2.15. The normalized spacial score (nSPS) is 12.2. The number of carboxylic acids is 1. The molecular weight excluding hydrogens is 630 g/mol. The first-order valence-electron chi connectivity index (χ1n) is 17.3. The molecule has 268 valence electrons. The molecule has 1 heterocycles. The van der Waals surface area contributed by atoms with Gasteiger partial charge in [-0.05, 0) is 61.0 Å². The van der Waals surface area contributed by atoms with Crippen molar-refractivity contribution in [3.8, 4) is 0 Å². The van der Waals surface area contributed by atoms with Gasteiger partial charge in [0.2, 0.25) is 0 Å². The number of carbonyl (C=O) groups is 2. The van der Waals surface area contributed by atoms with Gasteiger partial charge in [-0.25, -0.2) is 9.59 Å². The molecular formula is C38H57NO8S. The Bertz CT molecular complexity index is 1330. The number of rotatable bonds is 20. The summed E-state index contributed by atoms with van der Waals surface area (Å²) in [6.07, 6.45) is 27.3. The van der Waals surface area contributed by atoms with Crippen LogP contribution in [-0.2, 0) is 14.9 Å². The number of aliphatic hydroxyl groups is 1. The molecule has 0 aliphatic carbocycles. The molecule has 0 spiro atoms. The van der Waals surface area contributed by atoms with Gasteiger partial charge in [0.05, 0.1) is 23.1 Å².